The van der Waals surface area contributed by atoms with Crippen molar-refractivity contribution in [2.45, 2.75) is 25.9 Å². The lowest BCUT2D eigenvalue weighted by Gasteiger charge is -2.17. The molecule has 86 valence electrons. The quantitative estimate of drug-likeness (QED) is 0.778. The first-order valence-electron chi connectivity index (χ1n) is 5.15. The van der Waals surface area contributed by atoms with Gasteiger partial charge in [0.05, 0.1) is 11.7 Å². The van der Waals surface area contributed by atoms with E-state index in [1.54, 1.807) is 6.20 Å². The Labute approximate surface area is 93.2 Å². The van der Waals surface area contributed by atoms with E-state index in [0.717, 1.165) is 5.69 Å². The predicted octanol–water partition coefficient (Wildman–Crippen LogP) is 0.345. The van der Waals surface area contributed by atoms with Gasteiger partial charge in [-0.2, -0.15) is 10.3 Å². The first-order valence-corrected chi connectivity index (χ1v) is 5.15. The summed E-state index contributed by atoms with van der Waals surface area (Å²) in [6.45, 7) is 4.07. The molecule has 7 nitrogen and oxygen atoms in total. The van der Waals surface area contributed by atoms with E-state index in [-0.39, 0.29) is 12.1 Å². The SMILES string of the molecule is CC(NC(C)c1ccnn1C)c1nn[nH]n1. The Bertz CT molecular complexity index is 432. The molecule has 0 bridgehead atoms. The molecule has 0 aliphatic rings. The summed E-state index contributed by atoms with van der Waals surface area (Å²) in [5, 5.41) is 21.4. The van der Waals surface area contributed by atoms with Gasteiger partial charge in [-0.15, -0.1) is 10.2 Å². The highest BCUT2D eigenvalue weighted by atomic mass is 15.5. The standard InChI is InChI=1S/C9H15N7/c1-6(8-4-5-10-16(8)3)11-7(2)9-12-14-15-13-9/h4-7,11H,1-3H3,(H,12,13,14,15). The molecule has 0 saturated heterocycles. The lowest BCUT2D eigenvalue weighted by Crippen LogP contribution is -2.25. The molecular weight excluding hydrogens is 206 g/mol. The number of nitrogens with one attached hydrogen (secondary N) is 2. The lowest BCUT2D eigenvalue weighted by molar-refractivity contribution is 0.455. The van der Waals surface area contributed by atoms with Gasteiger partial charge < -0.3 is 0 Å². The Morgan fingerprint density at radius 3 is 2.75 bits per heavy atom. The highest BCUT2D eigenvalue weighted by Crippen LogP contribution is 2.15. The Morgan fingerprint density at radius 1 is 1.38 bits per heavy atom. The van der Waals surface area contributed by atoms with E-state index in [9.17, 15) is 0 Å². The van der Waals surface area contributed by atoms with Crippen molar-refractivity contribution in [3.63, 3.8) is 0 Å². The molecule has 16 heavy (non-hydrogen) atoms. The van der Waals surface area contributed by atoms with Gasteiger partial charge in [0, 0.05) is 19.3 Å². The van der Waals surface area contributed by atoms with Crippen LogP contribution in [0.1, 0.15) is 37.4 Å². The number of aromatic amines is 1. The second-order valence-corrected chi connectivity index (χ2v) is 3.76. The van der Waals surface area contributed by atoms with E-state index in [1.807, 2.05) is 24.7 Å². The Morgan fingerprint density at radius 2 is 2.19 bits per heavy atom. The van der Waals surface area contributed by atoms with Crippen LogP contribution in [0.3, 0.4) is 0 Å². The molecule has 0 aliphatic heterocycles. The lowest BCUT2D eigenvalue weighted by atomic mass is 10.2. The van der Waals surface area contributed by atoms with E-state index >= 15 is 0 Å². The third-order valence-corrected chi connectivity index (χ3v) is 2.55. The Balaban J connectivity index is 2.03. The van der Waals surface area contributed by atoms with Crippen molar-refractivity contribution < 1.29 is 0 Å². The van der Waals surface area contributed by atoms with Crippen LogP contribution in [0, 0.1) is 0 Å². The van der Waals surface area contributed by atoms with E-state index in [0.29, 0.717) is 5.82 Å². The summed E-state index contributed by atoms with van der Waals surface area (Å²) in [6, 6.07) is 2.21. The monoisotopic (exact) mass is 221 g/mol. The molecule has 0 spiro atoms. The molecule has 2 heterocycles. The van der Waals surface area contributed by atoms with Crippen molar-refractivity contribution in [3.8, 4) is 0 Å². The number of hydrogen-bond donors (Lipinski definition) is 2. The first kappa shape index (κ1) is 10.7. The van der Waals surface area contributed by atoms with Crippen LogP contribution in [-0.2, 0) is 7.05 Å². The van der Waals surface area contributed by atoms with Crippen molar-refractivity contribution in [1.29, 1.82) is 0 Å². The molecular formula is C9H15N7. The fourth-order valence-electron chi connectivity index (χ4n) is 1.70. The van der Waals surface area contributed by atoms with Gasteiger partial charge in [-0.25, -0.2) is 0 Å². The average Bonchev–Trinajstić information content (AvgIpc) is 2.86. The van der Waals surface area contributed by atoms with E-state index < -0.39 is 0 Å². The highest BCUT2D eigenvalue weighted by Gasteiger charge is 2.16. The predicted molar refractivity (Wildman–Crippen MR) is 57.4 cm³/mol. The van der Waals surface area contributed by atoms with Crippen LogP contribution in [0.25, 0.3) is 0 Å². The summed E-state index contributed by atoms with van der Waals surface area (Å²) in [7, 11) is 1.92. The second-order valence-electron chi connectivity index (χ2n) is 3.76. The van der Waals surface area contributed by atoms with Crippen molar-refractivity contribution >= 4 is 0 Å². The van der Waals surface area contributed by atoms with Crippen molar-refractivity contribution in [3.05, 3.63) is 23.8 Å². The molecule has 2 aromatic heterocycles. The smallest absolute Gasteiger partial charge is 0.191 e. The van der Waals surface area contributed by atoms with Crippen molar-refractivity contribution in [2.24, 2.45) is 7.05 Å². The summed E-state index contributed by atoms with van der Waals surface area (Å²) in [5.41, 5.74) is 1.12. The Hall–Kier alpha value is -1.76. The third kappa shape index (κ3) is 2.08. The zero-order chi connectivity index (χ0) is 11.5. The first-order chi connectivity index (χ1) is 7.68. The molecule has 2 atom stereocenters. The molecule has 2 rings (SSSR count). The largest absolute Gasteiger partial charge is 0.299 e. The van der Waals surface area contributed by atoms with Gasteiger partial charge in [0.1, 0.15) is 0 Å². The molecule has 2 N–H and O–H groups in total. The van der Waals surface area contributed by atoms with Gasteiger partial charge in [-0.1, -0.05) is 5.21 Å². The van der Waals surface area contributed by atoms with Crippen molar-refractivity contribution in [2.75, 3.05) is 0 Å². The number of rotatable bonds is 4. The molecule has 0 radical (unpaired) electrons. The molecule has 0 fully saturated rings. The fraction of sp³-hybridized carbons (Fsp3) is 0.556. The Kier molecular flexibility index (Phi) is 2.95. The highest BCUT2D eigenvalue weighted by molar-refractivity contribution is 5.06. The van der Waals surface area contributed by atoms with Gasteiger partial charge in [0.15, 0.2) is 5.82 Å². The topological polar surface area (TPSA) is 84.3 Å². The summed E-state index contributed by atoms with van der Waals surface area (Å²) in [6.07, 6.45) is 1.78. The normalized spacial score (nSPS) is 14.9. The fourth-order valence-corrected chi connectivity index (χ4v) is 1.70. The number of nitrogens with zero attached hydrogens (tertiary/aromatic N) is 5. The summed E-state index contributed by atoms with van der Waals surface area (Å²) in [5.74, 6) is 0.661. The van der Waals surface area contributed by atoms with E-state index in [2.05, 4.69) is 38.0 Å². The maximum absolute atomic E-state index is 4.13. The van der Waals surface area contributed by atoms with Gasteiger partial charge >= 0.3 is 0 Å². The van der Waals surface area contributed by atoms with E-state index in [4.69, 9.17) is 0 Å². The van der Waals surface area contributed by atoms with Crippen LogP contribution in [0.4, 0.5) is 0 Å². The molecule has 0 aromatic carbocycles. The van der Waals surface area contributed by atoms with Crippen LogP contribution in [0.2, 0.25) is 0 Å². The third-order valence-electron chi connectivity index (χ3n) is 2.55. The van der Waals surface area contributed by atoms with Crippen LogP contribution in [0.15, 0.2) is 12.3 Å². The van der Waals surface area contributed by atoms with Gasteiger partial charge in [0.25, 0.3) is 0 Å². The number of tetrazole rings is 1. The maximum Gasteiger partial charge on any atom is 0.191 e. The summed E-state index contributed by atoms with van der Waals surface area (Å²) < 4.78 is 1.85. The van der Waals surface area contributed by atoms with Crippen molar-refractivity contribution in [1.82, 2.24) is 35.7 Å². The van der Waals surface area contributed by atoms with Crippen LogP contribution >= 0.6 is 0 Å². The molecule has 2 unspecified atom stereocenters. The number of H-pyrrole nitrogens is 1. The van der Waals surface area contributed by atoms with Gasteiger partial charge in [0.2, 0.25) is 0 Å². The average molecular weight is 221 g/mol. The molecule has 2 aromatic rings. The minimum atomic E-state index is 0.0450. The number of aromatic nitrogens is 6. The summed E-state index contributed by atoms with van der Waals surface area (Å²) >= 11 is 0. The maximum atomic E-state index is 4.13. The van der Waals surface area contributed by atoms with Crippen LogP contribution < -0.4 is 5.32 Å². The zero-order valence-electron chi connectivity index (χ0n) is 9.55. The zero-order valence-corrected chi connectivity index (χ0v) is 9.55. The minimum Gasteiger partial charge on any atom is -0.299 e. The molecule has 0 aliphatic carbocycles. The second kappa shape index (κ2) is 4.40. The number of hydrogen-bond acceptors (Lipinski definition) is 5. The van der Waals surface area contributed by atoms with Gasteiger partial charge in [-0.05, 0) is 19.9 Å². The van der Waals surface area contributed by atoms with E-state index in [1.165, 1.54) is 0 Å². The molecule has 0 amide bonds. The number of aryl methyl sites for hydroxylation is 1. The van der Waals surface area contributed by atoms with Gasteiger partial charge in [-0.3, -0.25) is 10.00 Å². The summed E-state index contributed by atoms with van der Waals surface area (Å²) in [4.78, 5) is 0. The van der Waals surface area contributed by atoms with Crippen LogP contribution in [-0.4, -0.2) is 30.4 Å². The minimum absolute atomic E-state index is 0.0450. The molecule has 7 heteroatoms. The molecule has 0 saturated carbocycles. The van der Waals surface area contributed by atoms with Crippen LogP contribution in [0.5, 0.6) is 0 Å².